The number of aromatic nitrogens is 2. The van der Waals surface area contributed by atoms with Gasteiger partial charge in [0.1, 0.15) is 11.5 Å². The molecule has 0 aliphatic carbocycles. The van der Waals surface area contributed by atoms with Crippen LogP contribution in [0.4, 0.5) is 0 Å². The maximum atomic E-state index is 6.18. The maximum absolute atomic E-state index is 6.18. The van der Waals surface area contributed by atoms with E-state index in [1.54, 1.807) is 0 Å². The fourth-order valence-electron chi connectivity index (χ4n) is 2.17. The van der Waals surface area contributed by atoms with Crippen molar-refractivity contribution in [1.82, 2.24) is 15.1 Å². The molecule has 0 unspecified atom stereocenters. The van der Waals surface area contributed by atoms with Crippen LogP contribution in [-0.4, -0.2) is 15.3 Å². The number of nitrogens with zero attached hydrogens (tertiary/aromatic N) is 2. The summed E-state index contributed by atoms with van der Waals surface area (Å²) >= 11 is 6.18. The lowest BCUT2D eigenvalue weighted by atomic mass is 10.1. The van der Waals surface area contributed by atoms with E-state index in [2.05, 4.69) is 44.2 Å². The van der Waals surface area contributed by atoms with Crippen molar-refractivity contribution in [2.45, 2.75) is 60.2 Å². The van der Waals surface area contributed by atoms with Gasteiger partial charge in [0.25, 0.3) is 0 Å². The molecule has 2 rings (SSSR count). The average molecular weight is 310 g/mol. The summed E-state index contributed by atoms with van der Waals surface area (Å²) in [6.07, 6.45) is 0. The molecule has 0 saturated heterocycles. The summed E-state index contributed by atoms with van der Waals surface area (Å²) in [5.74, 6) is 1.88. The smallest absolute Gasteiger partial charge is 0.126 e. The van der Waals surface area contributed by atoms with Gasteiger partial charge in [-0.05, 0) is 53.2 Å². The third-order valence-corrected chi connectivity index (χ3v) is 4.00. The standard InChI is InChI=1S/C16H24ClN3O/c1-10-7-13(21-14(10)8-18-16(4,5)6)9-20-12(3)15(17)11(2)19-20/h7,18H,8-9H2,1-6H3. The van der Waals surface area contributed by atoms with Gasteiger partial charge in [-0.25, -0.2) is 0 Å². The van der Waals surface area contributed by atoms with Crippen molar-refractivity contribution < 1.29 is 4.42 Å². The van der Waals surface area contributed by atoms with Gasteiger partial charge < -0.3 is 9.73 Å². The van der Waals surface area contributed by atoms with Gasteiger partial charge in [0.2, 0.25) is 0 Å². The van der Waals surface area contributed by atoms with Gasteiger partial charge in [-0.2, -0.15) is 5.10 Å². The highest BCUT2D eigenvalue weighted by Gasteiger charge is 2.15. The molecule has 0 fully saturated rings. The number of aryl methyl sites for hydroxylation is 2. The minimum Gasteiger partial charge on any atom is -0.462 e. The molecule has 2 heterocycles. The predicted octanol–water partition coefficient (Wildman–Crippen LogP) is 3.99. The number of hydrogen-bond acceptors (Lipinski definition) is 3. The molecule has 2 aromatic rings. The second kappa shape index (κ2) is 5.85. The minimum atomic E-state index is 0.0720. The summed E-state index contributed by atoms with van der Waals surface area (Å²) in [6, 6.07) is 2.07. The van der Waals surface area contributed by atoms with E-state index in [0.29, 0.717) is 6.54 Å². The zero-order chi connectivity index (χ0) is 15.8. The maximum Gasteiger partial charge on any atom is 0.126 e. The summed E-state index contributed by atoms with van der Waals surface area (Å²) in [5.41, 5.74) is 3.06. The number of nitrogens with one attached hydrogen (secondary N) is 1. The van der Waals surface area contributed by atoms with Gasteiger partial charge >= 0.3 is 0 Å². The first kappa shape index (κ1) is 16.1. The molecule has 1 N–H and O–H groups in total. The van der Waals surface area contributed by atoms with Crippen molar-refractivity contribution in [1.29, 1.82) is 0 Å². The van der Waals surface area contributed by atoms with Crippen LogP contribution in [0.2, 0.25) is 5.02 Å². The van der Waals surface area contributed by atoms with Crippen LogP contribution in [0.1, 0.15) is 49.2 Å². The molecule has 0 aliphatic heterocycles. The second-order valence-corrected chi connectivity index (χ2v) is 6.94. The van der Waals surface area contributed by atoms with Gasteiger partial charge in [-0.15, -0.1) is 0 Å². The summed E-state index contributed by atoms with van der Waals surface area (Å²) in [7, 11) is 0. The summed E-state index contributed by atoms with van der Waals surface area (Å²) in [5, 5.41) is 8.61. The third-order valence-electron chi connectivity index (χ3n) is 3.45. The Kier molecular flexibility index (Phi) is 4.49. The van der Waals surface area contributed by atoms with Crippen molar-refractivity contribution in [2.24, 2.45) is 0 Å². The Balaban J connectivity index is 2.13. The molecule has 21 heavy (non-hydrogen) atoms. The first-order valence-electron chi connectivity index (χ1n) is 7.20. The van der Waals surface area contributed by atoms with Gasteiger partial charge in [-0.1, -0.05) is 11.6 Å². The fraction of sp³-hybridized carbons (Fsp3) is 0.562. The Morgan fingerprint density at radius 2 is 1.95 bits per heavy atom. The van der Waals surface area contributed by atoms with E-state index in [0.717, 1.165) is 40.0 Å². The van der Waals surface area contributed by atoms with Crippen LogP contribution in [0.25, 0.3) is 0 Å². The molecule has 5 heteroatoms. The number of rotatable bonds is 4. The lowest BCUT2D eigenvalue weighted by Gasteiger charge is -2.19. The van der Waals surface area contributed by atoms with Crippen LogP contribution in [-0.2, 0) is 13.1 Å². The van der Waals surface area contributed by atoms with Gasteiger partial charge in [0, 0.05) is 5.54 Å². The van der Waals surface area contributed by atoms with Crippen LogP contribution in [0, 0.1) is 20.8 Å². The Morgan fingerprint density at radius 3 is 2.48 bits per heavy atom. The van der Waals surface area contributed by atoms with Crippen LogP contribution in [0.5, 0.6) is 0 Å². The van der Waals surface area contributed by atoms with Crippen LogP contribution in [0.15, 0.2) is 10.5 Å². The molecular weight excluding hydrogens is 286 g/mol. The largest absolute Gasteiger partial charge is 0.462 e. The van der Waals surface area contributed by atoms with E-state index >= 15 is 0 Å². The Hall–Kier alpha value is -1.26. The molecule has 0 aromatic carbocycles. The summed E-state index contributed by atoms with van der Waals surface area (Å²) < 4.78 is 7.84. The first-order chi connectivity index (χ1) is 9.67. The minimum absolute atomic E-state index is 0.0720. The SMILES string of the molecule is Cc1cc(Cn2nc(C)c(Cl)c2C)oc1CNC(C)(C)C. The van der Waals surface area contributed by atoms with E-state index in [9.17, 15) is 0 Å². The zero-order valence-electron chi connectivity index (χ0n) is 13.7. The monoisotopic (exact) mass is 309 g/mol. The van der Waals surface area contributed by atoms with Crippen molar-refractivity contribution in [2.75, 3.05) is 0 Å². The molecule has 0 bridgehead atoms. The predicted molar refractivity (Wildman–Crippen MR) is 85.9 cm³/mol. The van der Waals surface area contributed by atoms with Crippen LogP contribution >= 0.6 is 11.6 Å². The molecule has 0 spiro atoms. The van der Waals surface area contributed by atoms with Gasteiger partial charge in [0.15, 0.2) is 0 Å². The Bertz CT molecular complexity index is 635. The van der Waals surface area contributed by atoms with E-state index in [-0.39, 0.29) is 5.54 Å². The lowest BCUT2D eigenvalue weighted by Crippen LogP contribution is -2.35. The van der Waals surface area contributed by atoms with Crippen LogP contribution < -0.4 is 5.32 Å². The Labute approximate surface area is 131 Å². The van der Waals surface area contributed by atoms with Crippen molar-refractivity contribution in [3.05, 3.63) is 39.6 Å². The molecule has 0 radical (unpaired) electrons. The third kappa shape index (κ3) is 3.89. The Morgan fingerprint density at radius 1 is 1.29 bits per heavy atom. The molecule has 4 nitrogen and oxygen atoms in total. The number of halogens is 1. The van der Waals surface area contributed by atoms with Crippen molar-refractivity contribution in [3.8, 4) is 0 Å². The summed E-state index contributed by atoms with van der Waals surface area (Å²) in [6.45, 7) is 13.7. The second-order valence-electron chi connectivity index (χ2n) is 6.56. The number of hydrogen-bond donors (Lipinski definition) is 1. The van der Waals surface area contributed by atoms with Gasteiger partial charge in [-0.3, -0.25) is 4.68 Å². The van der Waals surface area contributed by atoms with E-state index in [1.165, 1.54) is 0 Å². The molecule has 0 atom stereocenters. The van der Waals surface area contributed by atoms with E-state index < -0.39 is 0 Å². The normalized spacial score (nSPS) is 12.1. The first-order valence-corrected chi connectivity index (χ1v) is 7.58. The molecular formula is C16H24ClN3O. The average Bonchev–Trinajstić information content (AvgIpc) is 2.83. The molecule has 0 aliphatic rings. The van der Waals surface area contributed by atoms with Crippen LogP contribution in [0.3, 0.4) is 0 Å². The quantitative estimate of drug-likeness (QED) is 0.928. The molecule has 0 saturated carbocycles. The topological polar surface area (TPSA) is 43.0 Å². The van der Waals surface area contributed by atoms with Crippen molar-refractivity contribution >= 4 is 11.6 Å². The fourth-order valence-corrected chi connectivity index (χ4v) is 2.30. The molecule has 116 valence electrons. The van der Waals surface area contributed by atoms with Gasteiger partial charge in [0.05, 0.1) is 29.5 Å². The molecule has 0 amide bonds. The summed E-state index contributed by atoms with van der Waals surface area (Å²) in [4.78, 5) is 0. The highest BCUT2D eigenvalue weighted by atomic mass is 35.5. The van der Waals surface area contributed by atoms with Crippen molar-refractivity contribution in [3.63, 3.8) is 0 Å². The highest BCUT2D eigenvalue weighted by molar-refractivity contribution is 6.31. The highest BCUT2D eigenvalue weighted by Crippen LogP contribution is 2.22. The van der Waals surface area contributed by atoms with E-state index in [1.807, 2.05) is 18.5 Å². The lowest BCUT2D eigenvalue weighted by molar-refractivity contribution is 0.372. The zero-order valence-corrected chi connectivity index (χ0v) is 14.4. The molecule has 2 aromatic heterocycles. The van der Waals surface area contributed by atoms with E-state index in [4.69, 9.17) is 16.0 Å². The number of furan rings is 1.